The Morgan fingerprint density at radius 3 is 2.32 bits per heavy atom. The van der Waals surface area contributed by atoms with Crippen molar-refractivity contribution in [3.8, 4) is 0 Å². The predicted molar refractivity (Wildman–Crippen MR) is 83.4 cm³/mol. The topological polar surface area (TPSA) is 29.3 Å². The first kappa shape index (κ1) is 15.1. The van der Waals surface area contributed by atoms with E-state index in [0.29, 0.717) is 30.5 Å². The molecule has 2 atom stereocenters. The van der Waals surface area contributed by atoms with E-state index in [9.17, 15) is 8.78 Å². The summed E-state index contributed by atoms with van der Waals surface area (Å²) in [5.74, 6) is -0.293. The first-order valence-corrected chi connectivity index (χ1v) is 7.58. The molecule has 0 saturated carbocycles. The Morgan fingerprint density at radius 2 is 1.68 bits per heavy atom. The van der Waals surface area contributed by atoms with E-state index in [1.807, 2.05) is 18.2 Å². The van der Waals surface area contributed by atoms with Crippen molar-refractivity contribution in [3.05, 3.63) is 71.3 Å². The lowest BCUT2D eigenvalue weighted by molar-refractivity contribution is 0.315. The van der Waals surface area contributed by atoms with Crippen molar-refractivity contribution < 1.29 is 8.78 Å². The summed E-state index contributed by atoms with van der Waals surface area (Å²) in [7, 11) is 0. The van der Waals surface area contributed by atoms with E-state index in [0.717, 1.165) is 19.2 Å². The molecule has 0 aliphatic carbocycles. The van der Waals surface area contributed by atoms with Gasteiger partial charge >= 0.3 is 0 Å². The van der Waals surface area contributed by atoms with E-state index in [1.54, 1.807) is 0 Å². The average Bonchev–Trinajstić information content (AvgIpc) is 2.90. The highest BCUT2D eigenvalue weighted by Gasteiger charge is 2.32. The van der Waals surface area contributed by atoms with E-state index < -0.39 is 11.6 Å². The zero-order valence-electron chi connectivity index (χ0n) is 12.4. The van der Waals surface area contributed by atoms with Gasteiger partial charge in [-0.1, -0.05) is 30.3 Å². The average molecular weight is 302 g/mol. The van der Waals surface area contributed by atoms with Crippen LogP contribution in [0.5, 0.6) is 0 Å². The molecule has 2 N–H and O–H groups in total. The maximum Gasteiger partial charge on any atom is 0.126 e. The number of nitrogens with two attached hydrogens (primary N) is 1. The van der Waals surface area contributed by atoms with E-state index in [-0.39, 0.29) is 0 Å². The van der Waals surface area contributed by atoms with Crippen LogP contribution in [0.4, 0.5) is 8.78 Å². The molecule has 1 saturated heterocycles. The number of benzene rings is 2. The molecule has 3 rings (SSSR count). The summed E-state index contributed by atoms with van der Waals surface area (Å²) in [5, 5.41) is 0. The molecule has 0 amide bonds. The monoisotopic (exact) mass is 302 g/mol. The Morgan fingerprint density at radius 1 is 1.00 bits per heavy atom. The number of hydrogen-bond donors (Lipinski definition) is 1. The summed E-state index contributed by atoms with van der Waals surface area (Å²) in [6.07, 6.45) is 0. The molecular weight excluding hydrogens is 282 g/mol. The minimum absolute atomic E-state index is 0.376. The van der Waals surface area contributed by atoms with Crippen molar-refractivity contribution in [1.29, 1.82) is 0 Å². The molecule has 0 unspecified atom stereocenters. The Labute approximate surface area is 129 Å². The predicted octanol–water partition coefficient (Wildman–Crippen LogP) is 3.14. The number of likely N-dealkylation sites (tertiary alicyclic amines) is 1. The van der Waals surface area contributed by atoms with Gasteiger partial charge in [0.1, 0.15) is 11.6 Å². The van der Waals surface area contributed by atoms with Crippen LogP contribution in [0.3, 0.4) is 0 Å². The normalized spacial score (nSPS) is 22.1. The molecule has 2 aromatic carbocycles. The lowest BCUT2D eigenvalue weighted by atomic mass is 9.89. The highest BCUT2D eigenvalue weighted by molar-refractivity contribution is 5.23. The zero-order chi connectivity index (χ0) is 15.5. The van der Waals surface area contributed by atoms with E-state index in [2.05, 4.69) is 17.0 Å². The van der Waals surface area contributed by atoms with Crippen molar-refractivity contribution >= 4 is 0 Å². The molecule has 2 aromatic rings. The molecule has 1 aliphatic heterocycles. The van der Waals surface area contributed by atoms with Gasteiger partial charge in [-0.15, -0.1) is 0 Å². The Balaban J connectivity index is 1.74. The molecule has 1 heterocycles. The van der Waals surface area contributed by atoms with Gasteiger partial charge in [0.25, 0.3) is 0 Å². The second-order valence-corrected chi connectivity index (χ2v) is 5.98. The van der Waals surface area contributed by atoms with Crippen molar-refractivity contribution in [2.75, 3.05) is 19.6 Å². The first-order chi connectivity index (χ1) is 10.7. The van der Waals surface area contributed by atoms with Crippen LogP contribution in [0.2, 0.25) is 0 Å². The molecule has 0 bridgehead atoms. The second kappa shape index (κ2) is 6.55. The minimum Gasteiger partial charge on any atom is -0.330 e. The van der Waals surface area contributed by atoms with Gasteiger partial charge in [0.15, 0.2) is 0 Å². The summed E-state index contributed by atoms with van der Waals surface area (Å²) < 4.78 is 26.6. The quantitative estimate of drug-likeness (QED) is 0.940. The van der Waals surface area contributed by atoms with Gasteiger partial charge < -0.3 is 5.73 Å². The number of nitrogens with zero attached hydrogens (tertiary/aromatic N) is 1. The second-order valence-electron chi connectivity index (χ2n) is 5.98. The summed E-state index contributed by atoms with van der Waals surface area (Å²) in [6, 6.07) is 14.0. The molecule has 2 nitrogen and oxygen atoms in total. The summed E-state index contributed by atoms with van der Waals surface area (Å²) in [6.45, 7) is 2.89. The van der Waals surface area contributed by atoms with Crippen LogP contribution in [0.15, 0.2) is 48.5 Å². The summed E-state index contributed by atoms with van der Waals surface area (Å²) in [5.41, 5.74) is 7.87. The smallest absolute Gasteiger partial charge is 0.126 e. The largest absolute Gasteiger partial charge is 0.330 e. The van der Waals surface area contributed by atoms with E-state index >= 15 is 0 Å². The molecule has 1 aliphatic rings. The standard InChI is InChI=1S/C18H20F2N2/c19-16-6-13(7-17(20)8-16)10-22-11-15(9-21)18(12-22)14-4-2-1-3-5-14/h1-8,15,18H,9-12,21H2/t15-,18+/m1/s1. The number of halogens is 2. The SMILES string of the molecule is NC[C@@H]1CN(Cc2cc(F)cc(F)c2)C[C@H]1c1ccccc1. The van der Waals surface area contributed by atoms with Gasteiger partial charge in [-0.3, -0.25) is 4.90 Å². The third kappa shape index (κ3) is 3.34. The van der Waals surface area contributed by atoms with Crippen molar-refractivity contribution in [1.82, 2.24) is 4.90 Å². The molecule has 1 fully saturated rings. The molecule has 0 spiro atoms. The van der Waals surface area contributed by atoms with Crippen LogP contribution in [0, 0.1) is 17.6 Å². The lowest BCUT2D eigenvalue weighted by Crippen LogP contribution is -2.23. The Kier molecular flexibility index (Phi) is 4.50. The molecule has 0 radical (unpaired) electrons. The molecule has 22 heavy (non-hydrogen) atoms. The van der Waals surface area contributed by atoms with Gasteiger partial charge in [0, 0.05) is 31.6 Å². The van der Waals surface area contributed by atoms with E-state index in [1.165, 1.54) is 17.7 Å². The highest BCUT2D eigenvalue weighted by atomic mass is 19.1. The van der Waals surface area contributed by atoms with Gasteiger partial charge in [-0.2, -0.15) is 0 Å². The van der Waals surface area contributed by atoms with Crippen molar-refractivity contribution in [2.24, 2.45) is 11.7 Å². The van der Waals surface area contributed by atoms with Crippen LogP contribution in [0.1, 0.15) is 17.0 Å². The molecule has 116 valence electrons. The maximum atomic E-state index is 13.3. The first-order valence-electron chi connectivity index (χ1n) is 7.58. The number of hydrogen-bond acceptors (Lipinski definition) is 2. The van der Waals surface area contributed by atoms with Crippen LogP contribution < -0.4 is 5.73 Å². The molecule has 4 heteroatoms. The van der Waals surface area contributed by atoms with E-state index in [4.69, 9.17) is 5.73 Å². The third-order valence-electron chi connectivity index (χ3n) is 4.38. The van der Waals surface area contributed by atoms with Gasteiger partial charge in [-0.05, 0) is 35.7 Å². The minimum atomic E-state index is -0.524. The van der Waals surface area contributed by atoms with Crippen LogP contribution in [0.25, 0.3) is 0 Å². The zero-order valence-corrected chi connectivity index (χ0v) is 12.4. The fourth-order valence-electron chi connectivity index (χ4n) is 3.37. The van der Waals surface area contributed by atoms with Gasteiger partial charge in [0.05, 0.1) is 0 Å². The van der Waals surface area contributed by atoms with Crippen molar-refractivity contribution in [2.45, 2.75) is 12.5 Å². The van der Waals surface area contributed by atoms with Gasteiger partial charge in [-0.25, -0.2) is 8.78 Å². The molecular formula is C18H20F2N2. The lowest BCUT2D eigenvalue weighted by Gasteiger charge is -2.17. The summed E-state index contributed by atoms with van der Waals surface area (Å²) >= 11 is 0. The summed E-state index contributed by atoms with van der Waals surface area (Å²) in [4.78, 5) is 2.23. The van der Waals surface area contributed by atoms with Crippen molar-refractivity contribution in [3.63, 3.8) is 0 Å². The fourth-order valence-corrected chi connectivity index (χ4v) is 3.37. The molecule has 0 aromatic heterocycles. The fraction of sp³-hybridized carbons (Fsp3) is 0.333. The third-order valence-corrected chi connectivity index (χ3v) is 4.38. The van der Waals surface area contributed by atoms with Crippen LogP contribution in [-0.4, -0.2) is 24.5 Å². The van der Waals surface area contributed by atoms with Crippen LogP contribution >= 0.6 is 0 Å². The Hall–Kier alpha value is -1.78. The highest BCUT2D eigenvalue weighted by Crippen LogP contribution is 2.32. The Bertz CT molecular complexity index is 610. The maximum absolute atomic E-state index is 13.3. The number of rotatable bonds is 4. The van der Waals surface area contributed by atoms with Crippen LogP contribution in [-0.2, 0) is 6.54 Å². The van der Waals surface area contributed by atoms with Gasteiger partial charge in [0.2, 0.25) is 0 Å².